The second-order valence-electron chi connectivity index (χ2n) is 9.35. The standard InChI is InChI=1S/C28H31NO6S/c1-20-13-15-23(16-14-20)36(30,31)35-27-25-24(19-34-29(25)2)26(32-17-21-9-5-3-6-10-21)28(27)33-18-22-11-7-4-8-12-22/h3-16,24-28H,17-19H2,1-2H3/t24-,25+,26+,27-,28+/m1/s1. The number of aryl methyl sites for hydroxylation is 1. The van der Waals surface area contributed by atoms with E-state index in [4.69, 9.17) is 18.5 Å². The van der Waals surface area contributed by atoms with Crippen molar-refractivity contribution in [3.8, 4) is 0 Å². The first-order valence-electron chi connectivity index (χ1n) is 12.1. The number of rotatable bonds is 9. The lowest BCUT2D eigenvalue weighted by Crippen LogP contribution is -2.44. The summed E-state index contributed by atoms with van der Waals surface area (Å²) >= 11 is 0. The maximum Gasteiger partial charge on any atom is 0.297 e. The van der Waals surface area contributed by atoms with Gasteiger partial charge in [0, 0.05) is 13.0 Å². The molecule has 0 N–H and O–H groups in total. The van der Waals surface area contributed by atoms with E-state index in [1.807, 2.05) is 67.6 Å². The lowest BCUT2D eigenvalue weighted by molar-refractivity contribution is -0.159. The molecule has 7 nitrogen and oxygen atoms in total. The zero-order valence-electron chi connectivity index (χ0n) is 20.4. The summed E-state index contributed by atoms with van der Waals surface area (Å²) in [4.78, 5) is 5.92. The summed E-state index contributed by atoms with van der Waals surface area (Å²) < 4.78 is 45.4. The highest BCUT2D eigenvalue weighted by Gasteiger charge is 2.59. The molecule has 5 atom stereocenters. The van der Waals surface area contributed by atoms with Crippen LogP contribution < -0.4 is 0 Å². The van der Waals surface area contributed by atoms with Gasteiger partial charge in [0.05, 0.1) is 36.9 Å². The largest absolute Gasteiger partial charge is 0.370 e. The maximum atomic E-state index is 13.3. The Balaban J connectivity index is 1.44. The van der Waals surface area contributed by atoms with Gasteiger partial charge >= 0.3 is 0 Å². The number of ether oxygens (including phenoxy) is 2. The zero-order valence-corrected chi connectivity index (χ0v) is 21.2. The van der Waals surface area contributed by atoms with Gasteiger partial charge in [-0.05, 0) is 30.2 Å². The lowest BCUT2D eigenvalue weighted by Gasteiger charge is -2.29. The summed E-state index contributed by atoms with van der Waals surface area (Å²) in [5.74, 6) is -0.113. The van der Waals surface area contributed by atoms with Gasteiger partial charge < -0.3 is 9.47 Å². The first kappa shape index (κ1) is 25.1. The molecule has 1 aliphatic carbocycles. The van der Waals surface area contributed by atoms with Crippen molar-refractivity contribution in [1.82, 2.24) is 5.06 Å². The fraction of sp³-hybridized carbons (Fsp3) is 0.357. The van der Waals surface area contributed by atoms with Gasteiger partial charge in [0.2, 0.25) is 0 Å². The highest BCUT2D eigenvalue weighted by Crippen LogP contribution is 2.42. The number of nitrogens with zero attached hydrogens (tertiary/aromatic N) is 1. The summed E-state index contributed by atoms with van der Waals surface area (Å²) in [6.07, 6.45) is -1.84. The number of hydrogen-bond acceptors (Lipinski definition) is 7. The summed E-state index contributed by atoms with van der Waals surface area (Å²) in [6, 6.07) is 26.0. The highest BCUT2D eigenvalue weighted by molar-refractivity contribution is 7.86. The third-order valence-corrected chi connectivity index (χ3v) is 8.18. The molecule has 190 valence electrons. The minimum absolute atomic E-state index is 0.113. The minimum Gasteiger partial charge on any atom is -0.370 e. The third-order valence-electron chi connectivity index (χ3n) is 6.85. The molecule has 0 aromatic heterocycles. The first-order valence-corrected chi connectivity index (χ1v) is 13.5. The Kier molecular flexibility index (Phi) is 7.52. The van der Waals surface area contributed by atoms with Crippen molar-refractivity contribution in [2.24, 2.45) is 5.92 Å². The molecule has 0 radical (unpaired) electrons. The second-order valence-corrected chi connectivity index (χ2v) is 10.9. The van der Waals surface area contributed by atoms with Crippen LogP contribution in [0.25, 0.3) is 0 Å². The summed E-state index contributed by atoms with van der Waals surface area (Å²) in [5, 5.41) is 1.69. The van der Waals surface area contributed by atoms with Crippen LogP contribution in [0.5, 0.6) is 0 Å². The van der Waals surface area contributed by atoms with E-state index in [1.165, 1.54) is 0 Å². The van der Waals surface area contributed by atoms with Gasteiger partial charge in [-0.3, -0.25) is 9.02 Å². The van der Waals surface area contributed by atoms with Crippen LogP contribution in [0, 0.1) is 12.8 Å². The second kappa shape index (κ2) is 10.8. The van der Waals surface area contributed by atoms with Crippen LogP contribution >= 0.6 is 0 Å². The summed E-state index contributed by atoms with van der Waals surface area (Å²) in [5.41, 5.74) is 2.98. The van der Waals surface area contributed by atoms with E-state index in [9.17, 15) is 8.42 Å². The number of hydrogen-bond donors (Lipinski definition) is 0. The molecule has 2 aliphatic rings. The van der Waals surface area contributed by atoms with Gasteiger partial charge in [0.1, 0.15) is 12.2 Å². The molecule has 2 fully saturated rings. The van der Waals surface area contributed by atoms with Crippen LogP contribution in [-0.4, -0.2) is 51.5 Å². The van der Waals surface area contributed by atoms with Crippen molar-refractivity contribution in [2.75, 3.05) is 13.7 Å². The van der Waals surface area contributed by atoms with Crippen LogP contribution in [0.2, 0.25) is 0 Å². The normalized spacial score (nSPS) is 26.2. The van der Waals surface area contributed by atoms with E-state index in [0.29, 0.717) is 19.8 Å². The van der Waals surface area contributed by atoms with Crippen LogP contribution in [-0.2, 0) is 41.8 Å². The molecule has 1 heterocycles. The first-order chi connectivity index (χ1) is 17.4. The minimum atomic E-state index is -4.05. The molecule has 3 aromatic carbocycles. The molecule has 3 aromatic rings. The van der Waals surface area contributed by atoms with E-state index in [0.717, 1.165) is 16.7 Å². The molecule has 1 aliphatic heterocycles. The van der Waals surface area contributed by atoms with Gasteiger partial charge in [-0.1, -0.05) is 78.4 Å². The fourth-order valence-electron chi connectivity index (χ4n) is 4.98. The van der Waals surface area contributed by atoms with Gasteiger partial charge in [-0.2, -0.15) is 13.5 Å². The molecule has 0 spiro atoms. The highest BCUT2D eigenvalue weighted by atomic mass is 32.2. The Hall–Kier alpha value is -2.59. The van der Waals surface area contributed by atoms with Gasteiger partial charge in [-0.25, -0.2) is 0 Å². The van der Waals surface area contributed by atoms with Crippen LogP contribution in [0.4, 0.5) is 0 Å². The monoisotopic (exact) mass is 509 g/mol. The molecule has 0 amide bonds. The molecule has 1 saturated heterocycles. The van der Waals surface area contributed by atoms with E-state index in [1.54, 1.807) is 36.4 Å². The maximum absolute atomic E-state index is 13.3. The Morgan fingerprint density at radius 2 is 1.36 bits per heavy atom. The number of hydroxylamine groups is 2. The van der Waals surface area contributed by atoms with E-state index >= 15 is 0 Å². The molecular formula is C28H31NO6S. The predicted octanol–water partition coefficient (Wildman–Crippen LogP) is 4.12. The average molecular weight is 510 g/mol. The van der Waals surface area contributed by atoms with Gasteiger partial charge in [-0.15, -0.1) is 0 Å². The van der Waals surface area contributed by atoms with Crippen molar-refractivity contribution in [3.63, 3.8) is 0 Å². The fourth-order valence-corrected chi connectivity index (χ4v) is 6.08. The van der Waals surface area contributed by atoms with Crippen LogP contribution in [0.1, 0.15) is 16.7 Å². The number of benzene rings is 3. The van der Waals surface area contributed by atoms with Gasteiger partial charge in [0.25, 0.3) is 10.1 Å². The van der Waals surface area contributed by atoms with Crippen molar-refractivity contribution in [1.29, 1.82) is 0 Å². The Morgan fingerprint density at radius 1 is 0.806 bits per heavy atom. The van der Waals surface area contributed by atoms with Crippen molar-refractivity contribution in [3.05, 3.63) is 102 Å². The molecule has 0 bridgehead atoms. The van der Waals surface area contributed by atoms with Crippen molar-refractivity contribution < 1.29 is 26.9 Å². The lowest BCUT2D eigenvalue weighted by atomic mass is 10.0. The van der Waals surface area contributed by atoms with Crippen LogP contribution in [0.15, 0.2) is 89.8 Å². The molecular weight excluding hydrogens is 478 g/mol. The van der Waals surface area contributed by atoms with Crippen LogP contribution in [0.3, 0.4) is 0 Å². The Bertz CT molecular complexity index is 1240. The SMILES string of the molecule is Cc1ccc(S(=O)(=O)O[C@H]2[C@@H](OCc3ccccc3)[C@@H](OCc3ccccc3)[C@@H]3CON(C)[C@@H]32)cc1. The third kappa shape index (κ3) is 5.39. The zero-order chi connectivity index (χ0) is 25.1. The van der Waals surface area contributed by atoms with E-state index < -0.39 is 28.4 Å². The number of likely N-dealkylation sites (N-methyl/N-ethyl adjacent to an activating group) is 1. The molecule has 36 heavy (non-hydrogen) atoms. The van der Waals surface area contributed by atoms with E-state index in [2.05, 4.69) is 0 Å². The molecule has 0 unspecified atom stereocenters. The average Bonchev–Trinajstić information content (AvgIpc) is 3.40. The molecule has 8 heteroatoms. The van der Waals surface area contributed by atoms with Gasteiger partial charge in [0.15, 0.2) is 0 Å². The topological polar surface area (TPSA) is 74.3 Å². The molecule has 5 rings (SSSR count). The molecule has 1 saturated carbocycles. The number of fused-ring (bicyclic) bond motifs is 1. The quantitative estimate of drug-likeness (QED) is 0.402. The smallest absolute Gasteiger partial charge is 0.297 e. The van der Waals surface area contributed by atoms with Crippen molar-refractivity contribution in [2.45, 2.75) is 49.4 Å². The Labute approximate surface area is 212 Å². The summed E-state index contributed by atoms with van der Waals surface area (Å²) in [7, 11) is -2.25. The van der Waals surface area contributed by atoms with E-state index in [-0.39, 0.29) is 16.9 Å². The predicted molar refractivity (Wildman–Crippen MR) is 134 cm³/mol. The summed E-state index contributed by atoms with van der Waals surface area (Å²) in [6.45, 7) is 2.99. The Morgan fingerprint density at radius 3 is 1.94 bits per heavy atom. The van der Waals surface area contributed by atoms with Crippen molar-refractivity contribution >= 4 is 10.1 Å².